The molecule has 0 heterocycles. The molecule has 0 bridgehead atoms. The van der Waals surface area contributed by atoms with Gasteiger partial charge in [0.15, 0.2) is 11.5 Å². The molecule has 5 nitrogen and oxygen atoms in total. The van der Waals surface area contributed by atoms with Crippen molar-refractivity contribution < 1.29 is 23.8 Å². The molecule has 146 valence electrons. The smallest absolute Gasteiger partial charge is 0.311 e. The molecule has 1 aromatic rings. The van der Waals surface area contributed by atoms with Gasteiger partial charge in [-0.05, 0) is 37.5 Å². The first-order valence-corrected chi connectivity index (χ1v) is 9.67. The van der Waals surface area contributed by atoms with Crippen LogP contribution in [0, 0.1) is 6.92 Å². The molecule has 0 amide bonds. The topological polar surface area (TPSA) is 61.8 Å². The lowest BCUT2D eigenvalue weighted by molar-refractivity contribution is -0.147. The summed E-state index contributed by atoms with van der Waals surface area (Å²) in [7, 11) is 1.51. The van der Waals surface area contributed by atoms with Crippen molar-refractivity contribution in [3.05, 3.63) is 23.8 Å². The fourth-order valence-electron chi connectivity index (χ4n) is 2.40. The fourth-order valence-corrected chi connectivity index (χ4v) is 2.59. The average molecular weight is 385 g/mol. The van der Waals surface area contributed by atoms with E-state index < -0.39 is 5.97 Å². The van der Waals surface area contributed by atoms with Gasteiger partial charge in [-0.2, -0.15) is 0 Å². The maximum atomic E-state index is 11.9. The van der Waals surface area contributed by atoms with Gasteiger partial charge in [0.25, 0.3) is 0 Å². The molecule has 0 atom stereocenters. The van der Waals surface area contributed by atoms with Crippen molar-refractivity contribution in [2.45, 2.75) is 58.3 Å². The Kier molecular flexibility index (Phi) is 11.5. The minimum Gasteiger partial charge on any atom is -0.493 e. The zero-order valence-corrected chi connectivity index (χ0v) is 16.5. The summed E-state index contributed by atoms with van der Waals surface area (Å²) in [5.74, 6) is 0.708. The van der Waals surface area contributed by atoms with Crippen LogP contribution in [-0.4, -0.2) is 31.5 Å². The Morgan fingerprint density at radius 3 is 2.27 bits per heavy atom. The highest BCUT2D eigenvalue weighted by atomic mass is 35.5. The van der Waals surface area contributed by atoms with E-state index >= 15 is 0 Å². The van der Waals surface area contributed by atoms with Crippen molar-refractivity contribution in [1.82, 2.24) is 0 Å². The molecular formula is C20H29ClO5. The van der Waals surface area contributed by atoms with E-state index in [2.05, 4.69) is 0 Å². The van der Waals surface area contributed by atoms with Crippen molar-refractivity contribution in [1.29, 1.82) is 0 Å². The molecule has 0 radical (unpaired) electrons. The highest BCUT2D eigenvalue weighted by Crippen LogP contribution is 2.28. The van der Waals surface area contributed by atoms with Crippen LogP contribution < -0.4 is 9.47 Å². The van der Waals surface area contributed by atoms with E-state index in [0.29, 0.717) is 18.1 Å². The molecule has 0 N–H and O–H groups in total. The van der Waals surface area contributed by atoms with Gasteiger partial charge in [0.2, 0.25) is 0 Å². The zero-order chi connectivity index (χ0) is 19.2. The third-order valence-corrected chi connectivity index (χ3v) is 4.13. The van der Waals surface area contributed by atoms with Gasteiger partial charge in [-0.15, -0.1) is 11.6 Å². The summed E-state index contributed by atoms with van der Waals surface area (Å²) >= 11 is 5.62. The number of rotatable bonds is 13. The van der Waals surface area contributed by atoms with E-state index in [4.69, 9.17) is 25.8 Å². The van der Waals surface area contributed by atoms with Crippen molar-refractivity contribution in [3.8, 4) is 11.5 Å². The standard InChI is InChI=1S/C20H29ClO5/c1-16-9-10-17(24-2)18(15-16)26-20(23)12-11-19(22)25-14-8-6-4-3-5-7-13-21/h9-10,15H,3-8,11-14H2,1-2H3. The second kappa shape index (κ2) is 13.5. The Morgan fingerprint density at radius 1 is 0.923 bits per heavy atom. The van der Waals surface area contributed by atoms with Gasteiger partial charge in [0, 0.05) is 5.88 Å². The lowest BCUT2D eigenvalue weighted by Crippen LogP contribution is -2.13. The van der Waals surface area contributed by atoms with Gasteiger partial charge in [-0.3, -0.25) is 9.59 Å². The monoisotopic (exact) mass is 384 g/mol. The molecule has 1 aromatic carbocycles. The Labute approximate surface area is 161 Å². The lowest BCUT2D eigenvalue weighted by atomic mass is 10.1. The van der Waals surface area contributed by atoms with Crippen molar-refractivity contribution in [2.24, 2.45) is 0 Å². The number of esters is 2. The minimum atomic E-state index is -0.481. The SMILES string of the molecule is COc1ccc(C)cc1OC(=O)CCC(=O)OCCCCCCCCCl. The number of benzene rings is 1. The second-order valence-electron chi connectivity index (χ2n) is 6.16. The van der Waals surface area contributed by atoms with Crippen LogP contribution in [0.2, 0.25) is 0 Å². The van der Waals surface area contributed by atoms with E-state index in [1.807, 2.05) is 13.0 Å². The maximum Gasteiger partial charge on any atom is 0.311 e. The van der Waals surface area contributed by atoms with Crippen LogP contribution in [0.3, 0.4) is 0 Å². The predicted molar refractivity (Wildman–Crippen MR) is 102 cm³/mol. The summed E-state index contributed by atoms with van der Waals surface area (Å²) in [6.07, 6.45) is 6.37. The Morgan fingerprint density at radius 2 is 1.58 bits per heavy atom. The van der Waals surface area contributed by atoms with Gasteiger partial charge in [-0.25, -0.2) is 0 Å². The van der Waals surface area contributed by atoms with Gasteiger partial charge in [0.1, 0.15) is 0 Å². The zero-order valence-electron chi connectivity index (χ0n) is 15.7. The van der Waals surface area contributed by atoms with Crippen LogP contribution in [0.5, 0.6) is 11.5 Å². The van der Waals surface area contributed by atoms with E-state index in [-0.39, 0.29) is 18.8 Å². The largest absolute Gasteiger partial charge is 0.493 e. The summed E-state index contributed by atoms with van der Waals surface area (Å²) in [6, 6.07) is 5.33. The summed E-state index contributed by atoms with van der Waals surface area (Å²) in [6.45, 7) is 2.29. The van der Waals surface area contributed by atoms with Crippen LogP contribution in [-0.2, 0) is 14.3 Å². The van der Waals surface area contributed by atoms with Crippen LogP contribution in [0.25, 0.3) is 0 Å². The number of methoxy groups -OCH3 is 1. The first kappa shape index (κ1) is 22.3. The molecule has 1 rings (SSSR count). The van der Waals surface area contributed by atoms with Gasteiger partial charge >= 0.3 is 11.9 Å². The molecular weight excluding hydrogens is 356 g/mol. The Balaban J connectivity index is 2.16. The molecule has 0 aliphatic heterocycles. The summed E-state index contributed by atoms with van der Waals surface area (Å²) in [5, 5.41) is 0. The maximum absolute atomic E-state index is 11.9. The van der Waals surface area contributed by atoms with Crippen LogP contribution in [0.1, 0.15) is 56.9 Å². The van der Waals surface area contributed by atoms with Crippen molar-refractivity contribution >= 4 is 23.5 Å². The summed E-state index contributed by atoms with van der Waals surface area (Å²) < 4.78 is 15.6. The normalized spacial score (nSPS) is 10.4. The van der Waals surface area contributed by atoms with Gasteiger partial charge < -0.3 is 14.2 Å². The van der Waals surface area contributed by atoms with Crippen LogP contribution >= 0.6 is 11.6 Å². The van der Waals surface area contributed by atoms with E-state index in [1.165, 1.54) is 7.11 Å². The molecule has 0 aromatic heterocycles. The summed E-state index contributed by atoms with van der Waals surface area (Å²) in [5.41, 5.74) is 0.954. The number of halogens is 1. The minimum absolute atomic E-state index is 0.0166. The average Bonchev–Trinajstić information content (AvgIpc) is 2.62. The molecule has 0 saturated carbocycles. The molecule has 0 saturated heterocycles. The second-order valence-corrected chi connectivity index (χ2v) is 6.54. The lowest BCUT2D eigenvalue weighted by Gasteiger charge is -2.10. The number of hydrogen-bond acceptors (Lipinski definition) is 5. The highest BCUT2D eigenvalue weighted by molar-refractivity contribution is 6.17. The molecule has 0 aliphatic carbocycles. The summed E-state index contributed by atoms with van der Waals surface area (Å²) in [4.78, 5) is 23.6. The predicted octanol–water partition coefficient (Wildman–Crippen LogP) is 4.81. The number of alkyl halides is 1. The third-order valence-electron chi connectivity index (χ3n) is 3.87. The van der Waals surface area contributed by atoms with E-state index in [0.717, 1.165) is 50.0 Å². The number of carbonyl (C=O) groups is 2. The fraction of sp³-hybridized carbons (Fsp3) is 0.600. The van der Waals surface area contributed by atoms with Crippen LogP contribution in [0.15, 0.2) is 18.2 Å². The Bertz CT molecular complexity index is 559. The van der Waals surface area contributed by atoms with Crippen LogP contribution in [0.4, 0.5) is 0 Å². The molecule has 0 unspecified atom stereocenters. The third kappa shape index (κ3) is 9.66. The molecule has 0 fully saturated rings. The number of aryl methyl sites for hydroxylation is 1. The Hall–Kier alpha value is -1.75. The van der Waals surface area contributed by atoms with Crippen molar-refractivity contribution in [3.63, 3.8) is 0 Å². The molecule has 0 aliphatic rings. The number of carbonyl (C=O) groups excluding carboxylic acids is 2. The van der Waals surface area contributed by atoms with Gasteiger partial charge in [-0.1, -0.05) is 31.7 Å². The molecule has 26 heavy (non-hydrogen) atoms. The first-order valence-electron chi connectivity index (χ1n) is 9.13. The number of unbranched alkanes of at least 4 members (excludes halogenated alkanes) is 5. The first-order chi connectivity index (χ1) is 12.6. The van der Waals surface area contributed by atoms with E-state index in [1.54, 1.807) is 12.1 Å². The van der Waals surface area contributed by atoms with Crippen molar-refractivity contribution in [2.75, 3.05) is 19.6 Å². The highest BCUT2D eigenvalue weighted by Gasteiger charge is 2.13. The molecule has 0 spiro atoms. The molecule has 6 heteroatoms. The van der Waals surface area contributed by atoms with E-state index in [9.17, 15) is 9.59 Å². The quantitative estimate of drug-likeness (QED) is 0.211. The van der Waals surface area contributed by atoms with Gasteiger partial charge in [0.05, 0.1) is 26.6 Å². The number of hydrogen-bond donors (Lipinski definition) is 0. The number of ether oxygens (including phenoxy) is 3.